The van der Waals surface area contributed by atoms with Gasteiger partial charge in [-0.1, -0.05) is 0 Å². The molecule has 0 bridgehead atoms. The van der Waals surface area contributed by atoms with Crippen molar-refractivity contribution >= 4 is 11.7 Å². The average Bonchev–Trinajstić information content (AvgIpc) is 2.81. The van der Waals surface area contributed by atoms with Crippen LogP contribution in [0.2, 0.25) is 0 Å². The molecule has 116 valence electrons. The van der Waals surface area contributed by atoms with E-state index in [0.29, 0.717) is 38.5 Å². The van der Waals surface area contributed by atoms with E-state index >= 15 is 0 Å². The number of aliphatic hydroxyl groups excluding tert-OH is 1. The molecule has 1 aromatic heterocycles. The Morgan fingerprint density at radius 2 is 2.10 bits per heavy atom. The summed E-state index contributed by atoms with van der Waals surface area (Å²) >= 11 is 0. The number of nitrogens with zero attached hydrogens (tertiary/aromatic N) is 5. The Balaban J connectivity index is 1.97. The first-order valence-electron chi connectivity index (χ1n) is 6.80. The third-order valence-corrected chi connectivity index (χ3v) is 3.66. The quantitative estimate of drug-likeness (QED) is 0.565. The summed E-state index contributed by atoms with van der Waals surface area (Å²) in [6.07, 6.45) is 1.17. The highest BCUT2D eigenvalue weighted by Crippen LogP contribution is 2.14. The summed E-state index contributed by atoms with van der Waals surface area (Å²) in [6.45, 7) is 4.83. The van der Waals surface area contributed by atoms with Gasteiger partial charge in [0.15, 0.2) is 12.4 Å². The summed E-state index contributed by atoms with van der Waals surface area (Å²) in [6, 6.07) is 0. The zero-order valence-electron chi connectivity index (χ0n) is 11.9. The number of aromatic nitrogens is 2. The molecule has 0 unspecified atom stereocenters. The number of amides is 1. The third kappa shape index (κ3) is 3.56. The van der Waals surface area contributed by atoms with Crippen LogP contribution < -0.4 is 0 Å². The summed E-state index contributed by atoms with van der Waals surface area (Å²) in [4.78, 5) is 30.3. The Hall–Kier alpha value is -2.00. The molecule has 2 rings (SSSR count). The lowest BCUT2D eigenvalue weighted by molar-refractivity contribution is -0.392. The van der Waals surface area contributed by atoms with E-state index in [9.17, 15) is 14.9 Å². The van der Waals surface area contributed by atoms with Crippen molar-refractivity contribution in [2.24, 2.45) is 0 Å². The van der Waals surface area contributed by atoms with Crippen molar-refractivity contribution in [1.29, 1.82) is 0 Å². The minimum absolute atomic E-state index is 0.0673. The number of hydrogen-bond acceptors (Lipinski definition) is 6. The highest BCUT2D eigenvalue weighted by Gasteiger charge is 2.25. The van der Waals surface area contributed by atoms with Crippen LogP contribution in [0.15, 0.2) is 6.20 Å². The molecule has 0 spiro atoms. The predicted molar refractivity (Wildman–Crippen MR) is 73.7 cm³/mol. The van der Waals surface area contributed by atoms with Gasteiger partial charge in [0.2, 0.25) is 0 Å². The highest BCUT2D eigenvalue weighted by atomic mass is 16.6. The van der Waals surface area contributed by atoms with Crippen molar-refractivity contribution in [2.45, 2.75) is 13.5 Å². The van der Waals surface area contributed by atoms with Gasteiger partial charge in [-0.05, 0) is 4.92 Å². The molecule has 1 aromatic rings. The summed E-state index contributed by atoms with van der Waals surface area (Å²) in [5.41, 5.74) is 0. The number of piperazine rings is 1. The molecule has 1 aliphatic heterocycles. The van der Waals surface area contributed by atoms with Crippen LogP contribution in [0, 0.1) is 17.0 Å². The van der Waals surface area contributed by atoms with Crippen LogP contribution in [-0.2, 0) is 11.3 Å². The fourth-order valence-electron chi connectivity index (χ4n) is 2.39. The molecule has 0 aliphatic carbocycles. The number of β-amino-alcohol motifs (C(OH)–C–C–N with tert-alkyl or cyclic N) is 1. The normalized spacial score (nSPS) is 16.2. The molecule has 9 nitrogen and oxygen atoms in total. The van der Waals surface area contributed by atoms with Crippen LogP contribution in [-0.4, -0.2) is 74.6 Å². The molecule has 1 saturated heterocycles. The number of carbonyl (C=O) groups excluding carboxylic acids is 1. The smallest absolute Gasteiger partial charge is 0.343 e. The third-order valence-electron chi connectivity index (χ3n) is 3.66. The first-order chi connectivity index (χ1) is 10.0. The number of rotatable bonds is 5. The largest absolute Gasteiger partial charge is 0.395 e. The lowest BCUT2D eigenvalue weighted by Gasteiger charge is -2.34. The molecule has 1 N–H and O–H groups in total. The predicted octanol–water partition coefficient (Wildman–Crippen LogP) is -0.764. The minimum atomic E-state index is -0.535. The van der Waals surface area contributed by atoms with Crippen LogP contribution in [0.4, 0.5) is 5.82 Å². The van der Waals surface area contributed by atoms with Gasteiger partial charge >= 0.3 is 5.82 Å². The van der Waals surface area contributed by atoms with E-state index < -0.39 is 4.92 Å². The Bertz CT molecular complexity index is 522. The van der Waals surface area contributed by atoms with Gasteiger partial charge in [-0.2, -0.15) is 0 Å². The maximum absolute atomic E-state index is 12.2. The molecule has 1 amide bonds. The molecule has 1 aliphatic rings. The lowest BCUT2D eigenvalue weighted by Crippen LogP contribution is -2.50. The van der Waals surface area contributed by atoms with E-state index in [2.05, 4.69) is 9.88 Å². The second kappa shape index (κ2) is 6.64. The van der Waals surface area contributed by atoms with E-state index in [1.165, 1.54) is 10.8 Å². The number of carbonyl (C=O) groups is 1. The number of aliphatic hydroxyl groups is 1. The molecule has 2 heterocycles. The van der Waals surface area contributed by atoms with E-state index in [0.717, 1.165) is 0 Å². The Morgan fingerprint density at radius 3 is 2.67 bits per heavy atom. The second-order valence-corrected chi connectivity index (χ2v) is 4.95. The monoisotopic (exact) mass is 297 g/mol. The summed E-state index contributed by atoms with van der Waals surface area (Å²) < 4.78 is 1.32. The standard InChI is InChI=1S/C12H19N5O4/c1-10-13-8-11(17(20)21)16(10)9-12(19)15-4-2-14(3-5-15)6-7-18/h8,18H,2-7,9H2,1H3. The van der Waals surface area contributed by atoms with Crippen molar-refractivity contribution in [3.8, 4) is 0 Å². The Labute approximate surface area is 121 Å². The second-order valence-electron chi connectivity index (χ2n) is 4.95. The molecule has 0 radical (unpaired) electrons. The van der Waals surface area contributed by atoms with Gasteiger partial charge in [0.05, 0.1) is 6.61 Å². The van der Waals surface area contributed by atoms with Crippen molar-refractivity contribution < 1.29 is 14.8 Å². The summed E-state index contributed by atoms with van der Waals surface area (Å²) in [5, 5.41) is 19.8. The van der Waals surface area contributed by atoms with Crippen LogP contribution in [0.3, 0.4) is 0 Å². The fraction of sp³-hybridized carbons (Fsp3) is 0.667. The van der Waals surface area contributed by atoms with Gasteiger partial charge in [-0.3, -0.25) is 9.69 Å². The minimum Gasteiger partial charge on any atom is -0.395 e. The molecule has 0 saturated carbocycles. The van der Waals surface area contributed by atoms with Crippen molar-refractivity contribution in [3.63, 3.8) is 0 Å². The van der Waals surface area contributed by atoms with Crippen molar-refractivity contribution in [1.82, 2.24) is 19.4 Å². The first-order valence-corrected chi connectivity index (χ1v) is 6.80. The summed E-state index contributed by atoms with van der Waals surface area (Å²) in [5.74, 6) is 0.136. The molecular weight excluding hydrogens is 278 g/mol. The van der Waals surface area contributed by atoms with Gasteiger partial charge in [-0.15, -0.1) is 0 Å². The van der Waals surface area contributed by atoms with Crippen LogP contribution in [0.5, 0.6) is 0 Å². The topological polar surface area (TPSA) is 105 Å². The molecule has 9 heteroatoms. The maximum atomic E-state index is 12.2. The van der Waals surface area contributed by atoms with E-state index in [4.69, 9.17) is 5.11 Å². The SMILES string of the molecule is Cc1ncc([N+](=O)[O-])n1CC(=O)N1CCN(CCO)CC1. The van der Waals surface area contributed by atoms with E-state index in [1.54, 1.807) is 11.8 Å². The molecule has 21 heavy (non-hydrogen) atoms. The molecule has 1 fully saturated rings. The highest BCUT2D eigenvalue weighted by molar-refractivity contribution is 5.76. The first kappa shape index (κ1) is 15.4. The fourth-order valence-corrected chi connectivity index (χ4v) is 2.39. The van der Waals surface area contributed by atoms with Gasteiger partial charge < -0.3 is 20.1 Å². The zero-order valence-corrected chi connectivity index (χ0v) is 11.9. The van der Waals surface area contributed by atoms with Crippen LogP contribution >= 0.6 is 0 Å². The van der Waals surface area contributed by atoms with E-state index in [1.807, 2.05) is 0 Å². The van der Waals surface area contributed by atoms with Gasteiger partial charge in [0.25, 0.3) is 5.91 Å². The van der Waals surface area contributed by atoms with Crippen molar-refractivity contribution in [3.05, 3.63) is 22.1 Å². The molecular formula is C12H19N5O4. The molecule has 0 atom stereocenters. The van der Waals surface area contributed by atoms with Crippen LogP contribution in [0.1, 0.15) is 5.82 Å². The maximum Gasteiger partial charge on any atom is 0.343 e. The Morgan fingerprint density at radius 1 is 1.43 bits per heavy atom. The molecule has 0 aromatic carbocycles. The summed E-state index contributed by atoms with van der Waals surface area (Å²) in [7, 11) is 0. The van der Waals surface area contributed by atoms with Gasteiger partial charge in [0, 0.05) is 39.6 Å². The number of nitro groups is 1. The number of imidazole rings is 1. The lowest BCUT2D eigenvalue weighted by atomic mass is 10.3. The number of hydrogen-bond donors (Lipinski definition) is 1. The van der Waals surface area contributed by atoms with Gasteiger partial charge in [0.1, 0.15) is 6.20 Å². The number of aryl methyl sites for hydroxylation is 1. The van der Waals surface area contributed by atoms with Crippen LogP contribution in [0.25, 0.3) is 0 Å². The average molecular weight is 297 g/mol. The Kier molecular flexibility index (Phi) is 4.86. The van der Waals surface area contributed by atoms with Crippen molar-refractivity contribution in [2.75, 3.05) is 39.3 Å². The van der Waals surface area contributed by atoms with E-state index in [-0.39, 0.29) is 24.9 Å². The zero-order chi connectivity index (χ0) is 15.4. The van der Waals surface area contributed by atoms with Gasteiger partial charge in [-0.25, -0.2) is 9.55 Å².